The lowest BCUT2D eigenvalue weighted by atomic mass is 10.2. The summed E-state index contributed by atoms with van der Waals surface area (Å²) in [6, 6.07) is 7.20. The van der Waals surface area contributed by atoms with Crippen LogP contribution in [-0.2, 0) is 0 Å². The van der Waals surface area contributed by atoms with Gasteiger partial charge in [0.05, 0.1) is 0 Å². The fourth-order valence-electron chi connectivity index (χ4n) is 0.694. The summed E-state index contributed by atoms with van der Waals surface area (Å²) < 4.78 is 35.6. The Bertz CT molecular complexity index is 285. The zero-order valence-electron chi connectivity index (χ0n) is 8.93. The van der Waals surface area contributed by atoms with Crippen molar-refractivity contribution in [3.8, 4) is 0 Å². The molecular formula is C12H15F3. The van der Waals surface area contributed by atoms with Crippen LogP contribution in [0, 0.1) is 0 Å². The molecule has 0 saturated carbocycles. The second kappa shape index (κ2) is 8.09. The van der Waals surface area contributed by atoms with Crippen LogP contribution in [0.2, 0.25) is 0 Å². The summed E-state index contributed by atoms with van der Waals surface area (Å²) in [5.74, 6) is -1.45. The molecule has 0 aromatic heterocycles. The molecule has 0 fully saturated rings. The van der Waals surface area contributed by atoms with Crippen molar-refractivity contribution >= 4 is 5.83 Å². The Morgan fingerprint density at radius 3 is 1.73 bits per heavy atom. The van der Waals surface area contributed by atoms with Crippen molar-refractivity contribution in [1.29, 1.82) is 0 Å². The molecule has 0 aliphatic carbocycles. The smallest absolute Gasteiger partial charge is 0.200 e. The van der Waals surface area contributed by atoms with Gasteiger partial charge in [0, 0.05) is 5.56 Å². The van der Waals surface area contributed by atoms with Gasteiger partial charge in [0.25, 0.3) is 0 Å². The highest BCUT2D eigenvalue weighted by atomic mass is 19.3. The standard InChI is InChI=1S/C8H5F3.C4H10/c9-7(8(10)11)6-4-2-1-3-5-6;1-3-4-2/h1-5H;3-4H2,1-2H3. The molecule has 1 rings (SSSR count). The predicted molar refractivity (Wildman–Crippen MR) is 57.3 cm³/mol. The van der Waals surface area contributed by atoms with E-state index in [1.807, 2.05) is 0 Å². The maximum absolute atomic E-state index is 12.4. The Hall–Kier alpha value is -1.25. The van der Waals surface area contributed by atoms with Gasteiger partial charge in [-0.15, -0.1) is 0 Å². The van der Waals surface area contributed by atoms with Gasteiger partial charge in [-0.05, 0) is 0 Å². The van der Waals surface area contributed by atoms with E-state index in [1.165, 1.54) is 37.1 Å². The van der Waals surface area contributed by atoms with Crippen molar-refractivity contribution in [3.63, 3.8) is 0 Å². The van der Waals surface area contributed by atoms with Gasteiger partial charge in [0.15, 0.2) is 5.83 Å². The Labute approximate surface area is 88.4 Å². The van der Waals surface area contributed by atoms with E-state index in [0.29, 0.717) is 0 Å². The fourth-order valence-corrected chi connectivity index (χ4v) is 0.694. The molecule has 84 valence electrons. The molecule has 0 spiro atoms. The van der Waals surface area contributed by atoms with Crippen molar-refractivity contribution in [2.75, 3.05) is 0 Å². The summed E-state index contributed by atoms with van der Waals surface area (Å²) in [4.78, 5) is 0. The second-order valence-corrected chi connectivity index (χ2v) is 2.94. The average Bonchev–Trinajstić information content (AvgIpc) is 2.29. The van der Waals surface area contributed by atoms with Crippen LogP contribution in [0.1, 0.15) is 32.3 Å². The van der Waals surface area contributed by atoms with E-state index in [9.17, 15) is 13.2 Å². The monoisotopic (exact) mass is 216 g/mol. The molecule has 0 radical (unpaired) electrons. The molecule has 1 aromatic carbocycles. The van der Waals surface area contributed by atoms with Crippen molar-refractivity contribution in [2.45, 2.75) is 26.7 Å². The minimum Gasteiger partial charge on any atom is -0.200 e. The first kappa shape index (κ1) is 13.8. The summed E-state index contributed by atoms with van der Waals surface area (Å²) in [7, 11) is 0. The van der Waals surface area contributed by atoms with E-state index >= 15 is 0 Å². The van der Waals surface area contributed by atoms with Crippen LogP contribution in [0.15, 0.2) is 36.4 Å². The van der Waals surface area contributed by atoms with Crippen LogP contribution in [0.25, 0.3) is 5.83 Å². The highest BCUT2D eigenvalue weighted by Crippen LogP contribution is 2.20. The molecule has 0 amide bonds. The normalized spacial score (nSPS) is 8.87. The molecule has 1 aromatic rings. The molecule has 0 nitrogen and oxygen atoms in total. The molecule has 3 heteroatoms. The van der Waals surface area contributed by atoms with Crippen LogP contribution in [-0.4, -0.2) is 0 Å². The van der Waals surface area contributed by atoms with Crippen LogP contribution < -0.4 is 0 Å². The summed E-state index contributed by atoms with van der Waals surface area (Å²) in [6.07, 6.45) is 0.358. The van der Waals surface area contributed by atoms with E-state index in [-0.39, 0.29) is 5.56 Å². The van der Waals surface area contributed by atoms with E-state index < -0.39 is 11.9 Å². The SMILES string of the molecule is CCCC.FC(F)=C(F)c1ccccc1. The number of hydrogen-bond donors (Lipinski definition) is 0. The van der Waals surface area contributed by atoms with E-state index in [1.54, 1.807) is 6.07 Å². The molecule has 0 atom stereocenters. The molecule has 0 saturated heterocycles. The lowest BCUT2D eigenvalue weighted by molar-refractivity contribution is 0.410. The first-order valence-corrected chi connectivity index (χ1v) is 4.89. The molecule has 0 aliphatic rings. The van der Waals surface area contributed by atoms with Crippen molar-refractivity contribution in [3.05, 3.63) is 42.0 Å². The number of rotatable bonds is 2. The molecule has 0 aliphatic heterocycles. The highest BCUT2D eigenvalue weighted by molar-refractivity contribution is 5.59. The summed E-state index contributed by atoms with van der Waals surface area (Å²) in [5.41, 5.74) is -0.0903. The van der Waals surface area contributed by atoms with Crippen molar-refractivity contribution < 1.29 is 13.2 Å². The van der Waals surface area contributed by atoms with Gasteiger partial charge < -0.3 is 0 Å². The molecule has 0 bridgehead atoms. The van der Waals surface area contributed by atoms with Gasteiger partial charge in [-0.2, -0.15) is 8.78 Å². The maximum Gasteiger partial charge on any atom is 0.306 e. The first-order chi connectivity index (χ1) is 7.13. The summed E-state index contributed by atoms with van der Waals surface area (Å²) >= 11 is 0. The van der Waals surface area contributed by atoms with Gasteiger partial charge in [-0.25, -0.2) is 4.39 Å². The van der Waals surface area contributed by atoms with Crippen molar-refractivity contribution in [1.82, 2.24) is 0 Å². The zero-order chi connectivity index (χ0) is 11.7. The molecule has 0 N–H and O–H groups in total. The van der Waals surface area contributed by atoms with Crippen LogP contribution >= 0.6 is 0 Å². The third-order valence-electron chi connectivity index (χ3n) is 1.69. The Kier molecular flexibility index (Phi) is 7.42. The van der Waals surface area contributed by atoms with E-state index in [2.05, 4.69) is 13.8 Å². The lowest BCUT2D eigenvalue weighted by Crippen LogP contribution is -1.76. The first-order valence-electron chi connectivity index (χ1n) is 4.89. The number of benzene rings is 1. The lowest BCUT2D eigenvalue weighted by Gasteiger charge is -1.93. The van der Waals surface area contributed by atoms with Gasteiger partial charge in [0.2, 0.25) is 0 Å². The largest absolute Gasteiger partial charge is 0.306 e. The number of unbranched alkanes of at least 4 members (excludes halogenated alkanes) is 1. The maximum atomic E-state index is 12.4. The van der Waals surface area contributed by atoms with Gasteiger partial charge in [-0.3, -0.25) is 0 Å². The Morgan fingerprint density at radius 2 is 1.40 bits per heavy atom. The summed E-state index contributed by atoms with van der Waals surface area (Å²) in [5, 5.41) is 0. The molecule has 0 unspecified atom stereocenters. The van der Waals surface area contributed by atoms with Gasteiger partial charge >= 0.3 is 6.08 Å². The third-order valence-corrected chi connectivity index (χ3v) is 1.69. The van der Waals surface area contributed by atoms with E-state index in [4.69, 9.17) is 0 Å². The Morgan fingerprint density at radius 1 is 0.933 bits per heavy atom. The van der Waals surface area contributed by atoms with Crippen LogP contribution in [0.3, 0.4) is 0 Å². The zero-order valence-corrected chi connectivity index (χ0v) is 8.93. The number of hydrogen-bond acceptors (Lipinski definition) is 0. The third kappa shape index (κ3) is 5.94. The highest BCUT2D eigenvalue weighted by Gasteiger charge is 2.05. The molecule has 0 heterocycles. The Balaban J connectivity index is 0.000000423. The van der Waals surface area contributed by atoms with Crippen LogP contribution in [0.4, 0.5) is 13.2 Å². The number of halogens is 3. The molecule has 15 heavy (non-hydrogen) atoms. The topological polar surface area (TPSA) is 0 Å². The average molecular weight is 216 g/mol. The summed E-state index contributed by atoms with van der Waals surface area (Å²) in [6.45, 7) is 4.36. The fraction of sp³-hybridized carbons (Fsp3) is 0.333. The quantitative estimate of drug-likeness (QED) is 0.650. The van der Waals surface area contributed by atoms with Gasteiger partial charge in [0.1, 0.15) is 0 Å². The molecular weight excluding hydrogens is 201 g/mol. The second-order valence-electron chi connectivity index (χ2n) is 2.94. The minimum atomic E-state index is -2.28. The van der Waals surface area contributed by atoms with Crippen LogP contribution in [0.5, 0.6) is 0 Å². The van der Waals surface area contributed by atoms with E-state index in [0.717, 1.165) is 0 Å². The predicted octanol–water partition coefficient (Wildman–Crippen LogP) is 5.03. The minimum absolute atomic E-state index is 0.0903. The van der Waals surface area contributed by atoms with Crippen molar-refractivity contribution in [2.24, 2.45) is 0 Å². The van der Waals surface area contributed by atoms with Gasteiger partial charge in [-0.1, -0.05) is 57.0 Å².